The Morgan fingerprint density at radius 1 is 1.05 bits per heavy atom. The van der Waals surface area contributed by atoms with Gasteiger partial charge in [-0.3, -0.25) is 4.79 Å². The number of nitrogens with zero attached hydrogens (tertiary/aromatic N) is 1. The van der Waals surface area contributed by atoms with Gasteiger partial charge >= 0.3 is 6.09 Å². The minimum Gasteiger partial charge on any atom is -0.443 e. The lowest BCUT2D eigenvalue weighted by Crippen LogP contribution is -2.44. The maximum Gasteiger partial charge on any atom is 0.417 e. The molecular weight excluding hydrogens is 285 g/mol. The third-order valence-corrected chi connectivity index (χ3v) is 2.58. The van der Waals surface area contributed by atoms with Gasteiger partial charge in [0.1, 0.15) is 11.4 Å². The molecule has 4 nitrogen and oxygen atoms in total. The van der Waals surface area contributed by atoms with Gasteiger partial charge in [-0.05, 0) is 50.5 Å². The van der Waals surface area contributed by atoms with Crippen molar-refractivity contribution in [3.8, 4) is 0 Å². The molecule has 0 aliphatic rings. The van der Waals surface area contributed by atoms with Crippen LogP contribution in [0.1, 0.15) is 51.9 Å². The van der Waals surface area contributed by atoms with E-state index in [1.54, 1.807) is 20.8 Å². The van der Waals surface area contributed by atoms with Crippen LogP contribution >= 0.6 is 0 Å². The maximum atomic E-state index is 13.0. The Morgan fingerprint density at radius 3 is 1.95 bits per heavy atom. The number of benzene rings is 1. The van der Waals surface area contributed by atoms with Gasteiger partial charge in [0.15, 0.2) is 0 Å². The Kier molecular flexibility index (Phi) is 5.33. The largest absolute Gasteiger partial charge is 0.443 e. The van der Waals surface area contributed by atoms with E-state index in [1.807, 2.05) is 20.8 Å². The number of carbonyl (C=O) groups is 2. The normalized spacial score (nSPS) is 12.0. The highest BCUT2D eigenvalue weighted by Crippen LogP contribution is 2.20. The molecule has 0 atom stereocenters. The second-order valence-corrected chi connectivity index (χ2v) is 7.44. The topological polar surface area (TPSA) is 46.6 Å². The van der Waals surface area contributed by atoms with Gasteiger partial charge in [0.2, 0.25) is 0 Å². The molecule has 0 bridgehead atoms. The van der Waals surface area contributed by atoms with Crippen LogP contribution in [-0.4, -0.2) is 29.0 Å². The lowest BCUT2D eigenvalue weighted by molar-refractivity contribution is 0.0188. The molecule has 0 saturated carbocycles. The molecule has 0 aromatic heterocycles. The van der Waals surface area contributed by atoms with Crippen LogP contribution in [0.5, 0.6) is 0 Å². The first kappa shape index (κ1) is 18.1. The molecule has 0 N–H and O–H groups in total. The first-order valence-corrected chi connectivity index (χ1v) is 7.19. The highest BCUT2D eigenvalue weighted by atomic mass is 19.1. The monoisotopic (exact) mass is 309 g/mol. The minimum absolute atomic E-state index is 0.206. The van der Waals surface area contributed by atoms with Crippen molar-refractivity contribution in [3.63, 3.8) is 0 Å². The number of imide groups is 1. The van der Waals surface area contributed by atoms with Crippen LogP contribution in [0.15, 0.2) is 24.3 Å². The Hall–Kier alpha value is -1.91. The summed E-state index contributed by atoms with van der Waals surface area (Å²) in [6.07, 6.45) is -0.697. The van der Waals surface area contributed by atoms with E-state index in [0.717, 1.165) is 4.90 Å². The summed E-state index contributed by atoms with van der Waals surface area (Å²) in [4.78, 5) is 26.0. The first-order chi connectivity index (χ1) is 9.89. The number of carbonyl (C=O) groups excluding carboxylic acids is 2. The van der Waals surface area contributed by atoms with Crippen LogP contribution in [0.2, 0.25) is 0 Å². The van der Waals surface area contributed by atoms with E-state index in [1.165, 1.54) is 24.3 Å². The summed E-state index contributed by atoms with van der Waals surface area (Å²) in [6.45, 7) is 11.2. The van der Waals surface area contributed by atoms with Crippen molar-refractivity contribution in [2.75, 3.05) is 6.54 Å². The highest BCUT2D eigenvalue weighted by Gasteiger charge is 2.31. The summed E-state index contributed by atoms with van der Waals surface area (Å²) in [5.74, 6) is -0.930. The summed E-state index contributed by atoms with van der Waals surface area (Å²) in [5.41, 5.74) is -0.736. The fourth-order valence-corrected chi connectivity index (χ4v) is 1.76. The summed E-state index contributed by atoms with van der Waals surface area (Å²) in [5, 5.41) is 0. The fourth-order valence-electron chi connectivity index (χ4n) is 1.76. The van der Waals surface area contributed by atoms with Gasteiger partial charge in [0, 0.05) is 12.1 Å². The molecule has 122 valence electrons. The van der Waals surface area contributed by atoms with E-state index in [4.69, 9.17) is 4.74 Å². The smallest absolute Gasteiger partial charge is 0.417 e. The predicted octanol–water partition coefficient (Wildman–Crippen LogP) is 4.25. The van der Waals surface area contributed by atoms with Crippen molar-refractivity contribution in [2.45, 2.75) is 47.1 Å². The van der Waals surface area contributed by atoms with Gasteiger partial charge in [-0.2, -0.15) is 0 Å². The Balaban J connectivity index is 3.06. The van der Waals surface area contributed by atoms with Gasteiger partial charge in [0.05, 0.1) is 0 Å². The van der Waals surface area contributed by atoms with Crippen LogP contribution in [0.25, 0.3) is 0 Å². The maximum absolute atomic E-state index is 13.0. The van der Waals surface area contributed by atoms with Crippen molar-refractivity contribution >= 4 is 12.0 Å². The molecule has 1 rings (SSSR count). The molecule has 0 unspecified atom stereocenters. The molecule has 0 radical (unpaired) electrons. The van der Waals surface area contributed by atoms with Gasteiger partial charge in [-0.1, -0.05) is 20.8 Å². The van der Waals surface area contributed by atoms with E-state index in [2.05, 4.69) is 0 Å². The number of halogens is 1. The van der Waals surface area contributed by atoms with E-state index in [9.17, 15) is 14.0 Å². The average molecular weight is 309 g/mol. The molecule has 0 saturated heterocycles. The molecule has 22 heavy (non-hydrogen) atoms. The molecule has 0 spiro atoms. The standard InChI is InChI=1S/C17H24FNO3/c1-16(2,3)11-19(15(21)22-17(4,5)6)14(20)12-7-9-13(18)10-8-12/h7-10H,11H2,1-6H3. The minimum atomic E-state index is -0.698. The second kappa shape index (κ2) is 6.46. The molecular formula is C17H24FNO3. The van der Waals surface area contributed by atoms with Crippen molar-refractivity contribution in [3.05, 3.63) is 35.6 Å². The summed E-state index contributed by atoms with van der Waals surface area (Å²) in [6, 6.07) is 5.10. The molecule has 0 aliphatic heterocycles. The van der Waals surface area contributed by atoms with Crippen LogP contribution < -0.4 is 0 Å². The molecule has 0 aliphatic carbocycles. The molecule has 0 fully saturated rings. The molecule has 5 heteroatoms. The highest BCUT2D eigenvalue weighted by molar-refractivity contribution is 6.03. The van der Waals surface area contributed by atoms with Crippen LogP contribution in [-0.2, 0) is 4.74 Å². The Labute approximate surface area is 131 Å². The first-order valence-electron chi connectivity index (χ1n) is 7.19. The van der Waals surface area contributed by atoms with E-state index < -0.39 is 23.4 Å². The zero-order valence-electron chi connectivity index (χ0n) is 14.1. The van der Waals surface area contributed by atoms with Gasteiger partial charge in [-0.25, -0.2) is 14.1 Å². The molecule has 2 amide bonds. The summed E-state index contributed by atoms with van der Waals surface area (Å²) in [7, 11) is 0. The van der Waals surface area contributed by atoms with Crippen LogP contribution in [0.3, 0.4) is 0 Å². The van der Waals surface area contributed by atoms with Crippen LogP contribution in [0.4, 0.5) is 9.18 Å². The van der Waals surface area contributed by atoms with Crippen molar-refractivity contribution < 1.29 is 18.7 Å². The predicted molar refractivity (Wildman–Crippen MR) is 83.1 cm³/mol. The van der Waals surface area contributed by atoms with Crippen LogP contribution in [0, 0.1) is 11.2 Å². The second-order valence-electron chi connectivity index (χ2n) is 7.44. The van der Waals surface area contributed by atoms with E-state index in [0.29, 0.717) is 0 Å². The summed E-state index contributed by atoms with van der Waals surface area (Å²) >= 11 is 0. The van der Waals surface area contributed by atoms with Crippen molar-refractivity contribution in [2.24, 2.45) is 5.41 Å². The number of amides is 2. The lowest BCUT2D eigenvalue weighted by atomic mass is 9.96. The number of rotatable bonds is 2. The zero-order chi connectivity index (χ0) is 17.1. The number of hydrogen-bond acceptors (Lipinski definition) is 3. The van der Waals surface area contributed by atoms with Gasteiger partial charge in [-0.15, -0.1) is 0 Å². The van der Waals surface area contributed by atoms with E-state index >= 15 is 0 Å². The van der Waals surface area contributed by atoms with E-state index in [-0.39, 0.29) is 17.5 Å². The van der Waals surface area contributed by atoms with Crippen molar-refractivity contribution in [1.29, 1.82) is 0 Å². The van der Waals surface area contributed by atoms with Gasteiger partial charge in [0.25, 0.3) is 5.91 Å². The SMILES string of the molecule is CC(C)(C)CN(C(=O)OC(C)(C)C)C(=O)c1ccc(F)cc1. The van der Waals surface area contributed by atoms with Crippen molar-refractivity contribution in [1.82, 2.24) is 4.90 Å². The lowest BCUT2D eigenvalue weighted by Gasteiger charge is -2.30. The molecule has 1 aromatic carbocycles. The summed E-state index contributed by atoms with van der Waals surface area (Å²) < 4.78 is 18.3. The average Bonchev–Trinajstić information content (AvgIpc) is 2.33. The molecule has 1 aromatic rings. The van der Waals surface area contributed by atoms with Gasteiger partial charge < -0.3 is 4.74 Å². The third-order valence-electron chi connectivity index (χ3n) is 2.58. The number of ether oxygens (including phenoxy) is 1. The fraction of sp³-hybridized carbons (Fsp3) is 0.529. The third kappa shape index (κ3) is 5.84. The number of hydrogen-bond donors (Lipinski definition) is 0. The Morgan fingerprint density at radius 2 is 1.55 bits per heavy atom. The molecule has 0 heterocycles. The zero-order valence-corrected chi connectivity index (χ0v) is 14.1. The quantitative estimate of drug-likeness (QED) is 0.820. The Bertz CT molecular complexity index is 539.